The van der Waals surface area contributed by atoms with E-state index in [9.17, 15) is 24.6 Å². The lowest BCUT2D eigenvalue weighted by molar-refractivity contribution is -0.140. The van der Waals surface area contributed by atoms with Gasteiger partial charge in [0.2, 0.25) is 5.91 Å². The Hall–Kier alpha value is -4.41. The lowest BCUT2D eigenvalue weighted by atomic mass is 10.0. The van der Waals surface area contributed by atoms with Gasteiger partial charge in [-0.2, -0.15) is 0 Å². The summed E-state index contributed by atoms with van der Waals surface area (Å²) < 4.78 is 16.7. The summed E-state index contributed by atoms with van der Waals surface area (Å²) >= 11 is 0. The van der Waals surface area contributed by atoms with Crippen molar-refractivity contribution in [2.75, 3.05) is 19.0 Å². The largest absolute Gasteiger partial charge is 0.494 e. The van der Waals surface area contributed by atoms with Crippen LogP contribution in [-0.4, -0.2) is 47.8 Å². The van der Waals surface area contributed by atoms with Crippen molar-refractivity contribution in [2.24, 2.45) is 0 Å². The van der Waals surface area contributed by atoms with Crippen LogP contribution in [0.5, 0.6) is 17.2 Å². The molecule has 2 unspecified atom stereocenters. The number of carbonyl (C=O) groups is 3. The Morgan fingerprint density at radius 1 is 0.884 bits per heavy atom. The number of carboxylic acid groups (broad SMARTS) is 1. The highest BCUT2D eigenvalue weighted by Gasteiger charge is 2.23. The highest BCUT2D eigenvalue weighted by Crippen LogP contribution is 2.30. The predicted molar refractivity (Wildman–Crippen MR) is 163 cm³/mol. The number of aliphatic carboxylic acids is 1. The number of rotatable bonds is 17. The molecule has 3 aromatic rings. The minimum Gasteiger partial charge on any atom is -0.494 e. The second-order valence-corrected chi connectivity index (χ2v) is 10.1. The topological polar surface area (TPSA) is 143 Å². The van der Waals surface area contributed by atoms with Crippen LogP contribution in [0.25, 0.3) is 0 Å². The fourth-order valence-corrected chi connectivity index (χ4v) is 4.36. The minimum absolute atomic E-state index is 0.0149. The van der Waals surface area contributed by atoms with Crippen molar-refractivity contribution in [3.63, 3.8) is 0 Å². The second-order valence-electron chi connectivity index (χ2n) is 10.1. The van der Waals surface area contributed by atoms with E-state index in [4.69, 9.17) is 14.2 Å². The number of ether oxygens (including phenoxy) is 3. The van der Waals surface area contributed by atoms with E-state index >= 15 is 0 Å². The molecule has 230 valence electrons. The maximum atomic E-state index is 12.8. The van der Waals surface area contributed by atoms with E-state index in [1.165, 1.54) is 39.4 Å². The molecule has 0 bridgehead atoms. The molecule has 3 rings (SSSR count). The molecule has 0 saturated carbocycles. The fraction of sp³-hybridized carbons (Fsp3) is 0.364. The summed E-state index contributed by atoms with van der Waals surface area (Å²) in [5.41, 5.74) is 1.92. The van der Waals surface area contributed by atoms with E-state index in [2.05, 4.69) is 17.6 Å². The van der Waals surface area contributed by atoms with Gasteiger partial charge in [-0.15, -0.1) is 0 Å². The number of anilines is 1. The van der Waals surface area contributed by atoms with Crippen molar-refractivity contribution < 1.29 is 38.8 Å². The first-order valence-corrected chi connectivity index (χ1v) is 14.4. The molecule has 0 aromatic heterocycles. The number of amides is 1. The minimum atomic E-state index is -1.27. The zero-order valence-corrected chi connectivity index (χ0v) is 24.8. The molecule has 0 heterocycles. The number of unbranched alkanes of at least 4 members (excludes halogenated alkanes) is 4. The molecule has 0 saturated heterocycles. The Balaban J connectivity index is 1.59. The quantitative estimate of drug-likeness (QED) is 0.0691. The highest BCUT2D eigenvalue weighted by molar-refractivity contribution is 5.91. The van der Waals surface area contributed by atoms with Crippen LogP contribution in [0.3, 0.4) is 0 Å². The maximum absolute atomic E-state index is 12.8. The highest BCUT2D eigenvalue weighted by atomic mass is 16.6. The van der Waals surface area contributed by atoms with Crippen molar-refractivity contribution in [1.29, 1.82) is 0 Å². The number of methoxy groups -OCH3 is 1. The third-order valence-electron chi connectivity index (χ3n) is 6.68. The lowest BCUT2D eigenvalue weighted by Gasteiger charge is -2.20. The van der Waals surface area contributed by atoms with Crippen LogP contribution < -0.4 is 24.8 Å². The first-order chi connectivity index (χ1) is 20.7. The maximum Gasteiger partial charge on any atom is 0.343 e. The SMILES string of the molecule is CCCCCCCOc1ccc(C(=O)Oc2ccc(CC(NC(O)c3ccc(NC(C)=O)cc3)C(=O)O)cc2OC)cc1. The number of nitrogens with one attached hydrogen (secondary N) is 2. The van der Waals surface area contributed by atoms with Crippen LogP contribution in [0.4, 0.5) is 5.69 Å². The molecule has 3 aromatic carbocycles. The first-order valence-electron chi connectivity index (χ1n) is 14.4. The van der Waals surface area contributed by atoms with E-state index in [0.717, 1.165) is 12.8 Å². The van der Waals surface area contributed by atoms with Crippen molar-refractivity contribution in [1.82, 2.24) is 5.32 Å². The number of aliphatic hydroxyl groups is 1. The standard InChI is InChI=1S/C33H40N2O8/c1-4-5-6-7-8-19-42-27-16-12-25(13-17-27)33(40)43-29-18-9-23(21-30(29)41-3)20-28(32(38)39)35-31(37)24-10-14-26(15-11-24)34-22(2)36/h9-18,21,28,31,35,37H,4-8,19-20H2,1-3H3,(H,34,36)(H,38,39). The number of hydrogen-bond acceptors (Lipinski definition) is 8. The number of carbonyl (C=O) groups excluding carboxylic acids is 2. The van der Waals surface area contributed by atoms with E-state index < -0.39 is 24.2 Å². The number of benzene rings is 3. The average Bonchev–Trinajstić information content (AvgIpc) is 2.99. The Kier molecular flexibility index (Phi) is 13.0. The molecule has 10 nitrogen and oxygen atoms in total. The lowest BCUT2D eigenvalue weighted by Crippen LogP contribution is -2.40. The summed E-state index contributed by atoms with van der Waals surface area (Å²) in [5.74, 6) is -0.837. The first kappa shape index (κ1) is 33.1. The van der Waals surface area contributed by atoms with Crippen LogP contribution >= 0.6 is 0 Å². The van der Waals surface area contributed by atoms with Gasteiger partial charge in [0, 0.05) is 12.6 Å². The predicted octanol–water partition coefficient (Wildman–Crippen LogP) is 5.50. The molecular weight excluding hydrogens is 552 g/mol. The number of esters is 1. The molecule has 4 N–H and O–H groups in total. The van der Waals surface area contributed by atoms with Gasteiger partial charge in [-0.05, 0) is 72.5 Å². The van der Waals surface area contributed by atoms with Gasteiger partial charge in [0.05, 0.1) is 19.3 Å². The van der Waals surface area contributed by atoms with Crippen LogP contribution in [0.15, 0.2) is 66.7 Å². The summed E-state index contributed by atoms with van der Waals surface area (Å²) in [5, 5.41) is 25.7. The van der Waals surface area contributed by atoms with E-state index in [-0.39, 0.29) is 23.8 Å². The van der Waals surface area contributed by atoms with Crippen LogP contribution in [-0.2, 0) is 16.0 Å². The Morgan fingerprint density at radius 3 is 2.21 bits per heavy atom. The molecule has 0 aliphatic rings. The molecular formula is C33H40N2O8. The molecule has 0 aliphatic carbocycles. The van der Waals surface area contributed by atoms with E-state index in [0.29, 0.717) is 34.7 Å². The van der Waals surface area contributed by atoms with Crippen LogP contribution in [0, 0.1) is 0 Å². The molecule has 0 aliphatic heterocycles. The van der Waals surface area contributed by atoms with Gasteiger partial charge in [-0.1, -0.05) is 50.8 Å². The molecule has 10 heteroatoms. The van der Waals surface area contributed by atoms with Gasteiger partial charge >= 0.3 is 11.9 Å². The van der Waals surface area contributed by atoms with Gasteiger partial charge in [0.1, 0.15) is 18.0 Å². The third kappa shape index (κ3) is 10.7. The van der Waals surface area contributed by atoms with Gasteiger partial charge in [-0.25, -0.2) is 4.79 Å². The summed E-state index contributed by atoms with van der Waals surface area (Å²) in [6.45, 7) is 4.19. The van der Waals surface area contributed by atoms with Gasteiger partial charge in [-0.3, -0.25) is 14.9 Å². The fourth-order valence-electron chi connectivity index (χ4n) is 4.36. The summed E-state index contributed by atoms with van der Waals surface area (Å²) in [6.07, 6.45) is 4.49. The molecule has 43 heavy (non-hydrogen) atoms. The Labute approximate surface area is 252 Å². The van der Waals surface area contributed by atoms with Gasteiger partial charge < -0.3 is 29.7 Å². The molecule has 0 radical (unpaired) electrons. The van der Waals surface area contributed by atoms with Crippen molar-refractivity contribution in [2.45, 2.75) is 64.6 Å². The van der Waals surface area contributed by atoms with E-state index in [1.54, 1.807) is 60.7 Å². The third-order valence-corrected chi connectivity index (χ3v) is 6.68. The zero-order valence-electron chi connectivity index (χ0n) is 24.8. The van der Waals surface area contributed by atoms with Crippen LogP contribution in [0.1, 0.15) is 73.7 Å². The van der Waals surface area contributed by atoms with Crippen molar-refractivity contribution in [3.8, 4) is 17.2 Å². The van der Waals surface area contributed by atoms with Crippen LogP contribution in [0.2, 0.25) is 0 Å². The number of hydrogen-bond donors (Lipinski definition) is 4. The monoisotopic (exact) mass is 592 g/mol. The number of aliphatic hydroxyl groups excluding tert-OH is 1. The van der Waals surface area contributed by atoms with Gasteiger partial charge in [0.15, 0.2) is 11.5 Å². The Bertz CT molecular complexity index is 1340. The summed E-state index contributed by atoms with van der Waals surface area (Å²) in [6, 6.07) is 16.8. The van der Waals surface area contributed by atoms with Crippen molar-refractivity contribution >= 4 is 23.5 Å². The average molecular weight is 593 g/mol. The Morgan fingerprint density at radius 2 is 1.58 bits per heavy atom. The van der Waals surface area contributed by atoms with Crippen molar-refractivity contribution in [3.05, 3.63) is 83.4 Å². The number of carboxylic acids is 1. The van der Waals surface area contributed by atoms with Gasteiger partial charge in [0.25, 0.3) is 0 Å². The zero-order chi connectivity index (χ0) is 31.2. The molecule has 1 amide bonds. The molecule has 0 fully saturated rings. The summed E-state index contributed by atoms with van der Waals surface area (Å²) in [4.78, 5) is 36.0. The molecule has 2 atom stereocenters. The summed E-state index contributed by atoms with van der Waals surface area (Å²) in [7, 11) is 1.42. The smallest absolute Gasteiger partial charge is 0.343 e. The normalized spacial score (nSPS) is 12.2. The molecule has 0 spiro atoms. The van der Waals surface area contributed by atoms with E-state index in [1.807, 2.05) is 0 Å². The second kappa shape index (κ2) is 16.9.